The number of sulfonamides is 1. The Morgan fingerprint density at radius 2 is 2.00 bits per heavy atom. The largest absolute Gasteiger partial charge is 0.340 e. The summed E-state index contributed by atoms with van der Waals surface area (Å²) in [7, 11) is -3.19. The van der Waals surface area contributed by atoms with Gasteiger partial charge >= 0.3 is 0 Å². The maximum Gasteiger partial charge on any atom is 0.245 e. The third-order valence-corrected chi connectivity index (χ3v) is 5.18. The van der Waals surface area contributed by atoms with E-state index in [0.717, 1.165) is 5.82 Å². The summed E-state index contributed by atoms with van der Waals surface area (Å²) in [6.45, 7) is 5.56. The lowest BCUT2D eigenvalue weighted by molar-refractivity contribution is -0.134. The summed E-state index contributed by atoms with van der Waals surface area (Å²) in [5, 5.41) is 0. The van der Waals surface area contributed by atoms with Gasteiger partial charge in [0, 0.05) is 38.6 Å². The monoisotopic (exact) mass is 314 g/mol. The highest BCUT2D eigenvalue weighted by Gasteiger charge is 2.27. The smallest absolute Gasteiger partial charge is 0.245 e. The topological polar surface area (TPSA) is 75.5 Å². The van der Waals surface area contributed by atoms with Gasteiger partial charge in [0.15, 0.2) is 0 Å². The maximum absolute atomic E-state index is 12.6. The maximum atomic E-state index is 12.6. The van der Waals surface area contributed by atoms with Crippen molar-refractivity contribution in [2.45, 2.75) is 26.3 Å². The molecule has 7 nitrogen and oxygen atoms in total. The number of aryl methyl sites for hydroxylation is 1. The van der Waals surface area contributed by atoms with Gasteiger partial charge < -0.3 is 9.47 Å². The van der Waals surface area contributed by atoms with E-state index in [2.05, 4.69) is 4.98 Å². The minimum absolute atomic E-state index is 0.00597. The molecule has 1 aliphatic rings. The molecule has 1 aromatic heterocycles. The van der Waals surface area contributed by atoms with Gasteiger partial charge in [-0.05, 0) is 20.3 Å². The third-order valence-electron chi connectivity index (χ3n) is 3.87. The molecule has 1 aliphatic heterocycles. The van der Waals surface area contributed by atoms with E-state index in [-0.39, 0.29) is 11.9 Å². The van der Waals surface area contributed by atoms with Crippen molar-refractivity contribution >= 4 is 15.9 Å². The van der Waals surface area contributed by atoms with Crippen LogP contribution < -0.4 is 0 Å². The number of rotatable bonds is 3. The van der Waals surface area contributed by atoms with Gasteiger partial charge in [-0.2, -0.15) is 0 Å². The summed E-state index contributed by atoms with van der Waals surface area (Å²) >= 11 is 0. The van der Waals surface area contributed by atoms with E-state index in [1.54, 1.807) is 17.3 Å². The highest BCUT2D eigenvalue weighted by Crippen LogP contribution is 2.15. The standard InChI is InChI=1S/C13H22N4O3S/c1-11(17-8-5-14-12(17)2)13(18)15-6-4-7-16(10-9-15)21(3,19)20/h5,8,11H,4,6-7,9-10H2,1-3H3/t11-/m1/s1. The zero-order chi connectivity index (χ0) is 15.6. The van der Waals surface area contributed by atoms with Gasteiger partial charge in [0.05, 0.1) is 6.26 Å². The number of hydrogen-bond donors (Lipinski definition) is 0. The fourth-order valence-electron chi connectivity index (χ4n) is 2.63. The number of carbonyl (C=O) groups excluding carboxylic acids is 1. The summed E-state index contributed by atoms with van der Waals surface area (Å²) < 4.78 is 26.5. The molecule has 1 saturated heterocycles. The van der Waals surface area contributed by atoms with Gasteiger partial charge in [-0.3, -0.25) is 4.79 Å². The summed E-state index contributed by atoms with van der Waals surface area (Å²) in [4.78, 5) is 18.4. The van der Waals surface area contributed by atoms with E-state index in [9.17, 15) is 13.2 Å². The van der Waals surface area contributed by atoms with Gasteiger partial charge in [0.25, 0.3) is 0 Å². The fourth-order valence-corrected chi connectivity index (χ4v) is 3.50. The molecular formula is C13H22N4O3S. The molecule has 0 aliphatic carbocycles. The normalized spacial score (nSPS) is 19.3. The molecular weight excluding hydrogens is 292 g/mol. The predicted molar refractivity (Wildman–Crippen MR) is 79.3 cm³/mol. The number of nitrogens with zero attached hydrogens (tertiary/aromatic N) is 4. The first kappa shape index (κ1) is 16.0. The second-order valence-electron chi connectivity index (χ2n) is 5.40. The molecule has 0 bridgehead atoms. The first-order chi connectivity index (χ1) is 9.80. The molecule has 0 saturated carbocycles. The van der Waals surface area contributed by atoms with Crippen molar-refractivity contribution in [2.75, 3.05) is 32.4 Å². The van der Waals surface area contributed by atoms with Crippen LogP contribution in [-0.2, 0) is 14.8 Å². The lowest BCUT2D eigenvalue weighted by atomic mass is 10.2. The first-order valence-electron chi connectivity index (χ1n) is 7.04. The fraction of sp³-hybridized carbons (Fsp3) is 0.692. The van der Waals surface area contributed by atoms with E-state index in [0.29, 0.717) is 32.6 Å². The van der Waals surface area contributed by atoms with Crippen LogP contribution in [0.5, 0.6) is 0 Å². The molecule has 0 N–H and O–H groups in total. The summed E-state index contributed by atoms with van der Waals surface area (Å²) in [6, 6.07) is -0.322. The summed E-state index contributed by atoms with van der Waals surface area (Å²) in [5.41, 5.74) is 0. The highest BCUT2D eigenvalue weighted by molar-refractivity contribution is 7.88. The second-order valence-corrected chi connectivity index (χ2v) is 7.38. The second kappa shape index (κ2) is 6.15. The Morgan fingerprint density at radius 1 is 1.29 bits per heavy atom. The molecule has 1 atom stereocenters. The van der Waals surface area contributed by atoms with Crippen LogP contribution in [0.15, 0.2) is 12.4 Å². The Morgan fingerprint density at radius 3 is 2.57 bits per heavy atom. The SMILES string of the molecule is Cc1nccn1[C@H](C)C(=O)N1CCCN(S(C)(=O)=O)CC1. The van der Waals surface area contributed by atoms with E-state index in [1.807, 2.05) is 18.4 Å². The molecule has 2 heterocycles. The molecule has 1 aromatic rings. The van der Waals surface area contributed by atoms with Crippen molar-refractivity contribution < 1.29 is 13.2 Å². The van der Waals surface area contributed by atoms with Crippen LogP contribution in [0.2, 0.25) is 0 Å². The van der Waals surface area contributed by atoms with Gasteiger partial charge in [-0.15, -0.1) is 0 Å². The molecule has 0 aromatic carbocycles. The molecule has 0 spiro atoms. The average molecular weight is 314 g/mol. The molecule has 8 heteroatoms. The van der Waals surface area contributed by atoms with E-state index in [4.69, 9.17) is 0 Å². The number of aromatic nitrogens is 2. The minimum atomic E-state index is -3.19. The van der Waals surface area contributed by atoms with Crippen molar-refractivity contribution in [3.8, 4) is 0 Å². The zero-order valence-corrected chi connectivity index (χ0v) is 13.5. The van der Waals surface area contributed by atoms with Crippen LogP contribution in [-0.4, -0.2) is 65.5 Å². The molecule has 1 amide bonds. The van der Waals surface area contributed by atoms with E-state index in [1.165, 1.54) is 10.6 Å². The minimum Gasteiger partial charge on any atom is -0.340 e. The van der Waals surface area contributed by atoms with Crippen molar-refractivity contribution in [3.05, 3.63) is 18.2 Å². The molecule has 0 radical (unpaired) electrons. The number of amides is 1. The molecule has 21 heavy (non-hydrogen) atoms. The van der Waals surface area contributed by atoms with Gasteiger partial charge in [0.2, 0.25) is 15.9 Å². The molecule has 118 valence electrons. The van der Waals surface area contributed by atoms with E-state index < -0.39 is 10.0 Å². The lowest BCUT2D eigenvalue weighted by Crippen LogP contribution is -2.39. The Hall–Kier alpha value is -1.41. The van der Waals surface area contributed by atoms with E-state index >= 15 is 0 Å². The zero-order valence-electron chi connectivity index (χ0n) is 12.7. The van der Waals surface area contributed by atoms with Gasteiger partial charge in [-0.25, -0.2) is 17.7 Å². The molecule has 0 unspecified atom stereocenters. The van der Waals surface area contributed by atoms with Crippen molar-refractivity contribution in [3.63, 3.8) is 0 Å². The Kier molecular flexibility index (Phi) is 4.67. The van der Waals surface area contributed by atoms with Gasteiger partial charge in [0.1, 0.15) is 11.9 Å². The van der Waals surface area contributed by atoms with Crippen LogP contribution >= 0.6 is 0 Å². The first-order valence-corrected chi connectivity index (χ1v) is 8.89. The van der Waals surface area contributed by atoms with Crippen LogP contribution in [0.1, 0.15) is 25.2 Å². The average Bonchev–Trinajstić information content (AvgIpc) is 2.69. The molecule has 1 fully saturated rings. The van der Waals surface area contributed by atoms with Crippen molar-refractivity contribution in [1.82, 2.24) is 18.8 Å². The van der Waals surface area contributed by atoms with Crippen molar-refractivity contribution in [2.24, 2.45) is 0 Å². The van der Waals surface area contributed by atoms with Crippen LogP contribution in [0, 0.1) is 6.92 Å². The Balaban J connectivity index is 2.05. The molecule has 2 rings (SSSR count). The number of hydrogen-bond acceptors (Lipinski definition) is 4. The number of carbonyl (C=O) groups is 1. The quantitative estimate of drug-likeness (QED) is 0.801. The van der Waals surface area contributed by atoms with Gasteiger partial charge in [-0.1, -0.05) is 0 Å². The number of imidazole rings is 1. The Bertz CT molecular complexity index is 611. The third kappa shape index (κ3) is 3.62. The van der Waals surface area contributed by atoms with Crippen LogP contribution in [0.25, 0.3) is 0 Å². The summed E-state index contributed by atoms with van der Waals surface area (Å²) in [6.07, 6.45) is 5.34. The van der Waals surface area contributed by atoms with Crippen molar-refractivity contribution in [1.29, 1.82) is 0 Å². The Labute approximate surface area is 125 Å². The van der Waals surface area contributed by atoms with Crippen LogP contribution in [0.4, 0.5) is 0 Å². The highest BCUT2D eigenvalue weighted by atomic mass is 32.2. The lowest BCUT2D eigenvalue weighted by Gasteiger charge is -2.25. The summed E-state index contributed by atoms with van der Waals surface area (Å²) in [5.74, 6) is 0.801. The van der Waals surface area contributed by atoms with Crippen LogP contribution in [0.3, 0.4) is 0 Å². The predicted octanol–water partition coefficient (Wildman–Crippen LogP) is 0.246.